The Bertz CT molecular complexity index is 630. The van der Waals surface area contributed by atoms with Gasteiger partial charge in [-0.3, -0.25) is 0 Å². The Morgan fingerprint density at radius 2 is 2.32 bits per heavy atom. The van der Waals surface area contributed by atoms with Gasteiger partial charge < -0.3 is 20.1 Å². The smallest absolute Gasteiger partial charge is 0.322 e. The predicted molar refractivity (Wildman–Crippen MR) is 76.4 cm³/mol. The summed E-state index contributed by atoms with van der Waals surface area (Å²) in [5.41, 5.74) is 0.560. The number of nitrogens with one attached hydrogen (secondary N) is 1. The van der Waals surface area contributed by atoms with Gasteiger partial charge in [0.05, 0.1) is 43.9 Å². The molecule has 0 spiro atoms. The van der Waals surface area contributed by atoms with Crippen LogP contribution in [0.2, 0.25) is 0 Å². The van der Waals surface area contributed by atoms with Gasteiger partial charge in [-0.25, -0.2) is 14.5 Å². The van der Waals surface area contributed by atoms with Gasteiger partial charge in [0.1, 0.15) is 0 Å². The first kappa shape index (κ1) is 14.3. The molecule has 2 atom stereocenters. The molecule has 116 valence electrons. The molecule has 2 aromatic heterocycles. The van der Waals surface area contributed by atoms with E-state index in [1.807, 2.05) is 0 Å². The molecule has 9 heteroatoms. The minimum absolute atomic E-state index is 0.236. The summed E-state index contributed by atoms with van der Waals surface area (Å²) in [6.45, 7) is 0.597. The van der Waals surface area contributed by atoms with Gasteiger partial charge in [-0.2, -0.15) is 0 Å². The third-order valence-corrected chi connectivity index (χ3v) is 3.52. The molecule has 1 fully saturated rings. The minimum atomic E-state index is -0.679. The molecule has 1 aliphatic heterocycles. The van der Waals surface area contributed by atoms with Crippen LogP contribution in [0.3, 0.4) is 0 Å². The summed E-state index contributed by atoms with van der Waals surface area (Å²) in [6.07, 6.45) is 4.04. The fraction of sp³-hybridized carbons (Fsp3) is 0.385. The Labute approximate surface area is 126 Å². The van der Waals surface area contributed by atoms with E-state index in [2.05, 4.69) is 20.6 Å². The minimum Gasteiger partial charge on any atom is -0.481 e. The average molecular weight is 304 g/mol. The van der Waals surface area contributed by atoms with Crippen LogP contribution in [0.4, 0.5) is 10.5 Å². The van der Waals surface area contributed by atoms with Crippen molar-refractivity contribution in [3.05, 3.63) is 30.7 Å². The maximum Gasteiger partial charge on any atom is 0.322 e. The maximum absolute atomic E-state index is 12.2. The first-order valence-corrected chi connectivity index (χ1v) is 6.77. The highest BCUT2D eigenvalue weighted by Gasteiger charge is 2.35. The van der Waals surface area contributed by atoms with E-state index in [-0.39, 0.29) is 18.6 Å². The molecule has 0 unspecified atom stereocenters. The lowest BCUT2D eigenvalue weighted by Gasteiger charge is -2.16. The van der Waals surface area contributed by atoms with E-state index >= 15 is 0 Å². The monoisotopic (exact) mass is 304 g/mol. The lowest BCUT2D eigenvalue weighted by atomic mass is 10.2. The Morgan fingerprint density at radius 3 is 2.95 bits per heavy atom. The number of nitrogens with zero attached hydrogens (tertiary/aromatic N) is 5. The van der Waals surface area contributed by atoms with E-state index in [1.165, 1.54) is 18.2 Å². The molecule has 0 radical (unpaired) electrons. The highest BCUT2D eigenvalue weighted by molar-refractivity contribution is 5.89. The SMILES string of the molecule is COc1ccc(NC(=O)N2C[C@@H](O)[C@H](n3ccnn3)C2)cn1. The second-order valence-corrected chi connectivity index (χ2v) is 4.94. The lowest BCUT2D eigenvalue weighted by molar-refractivity contribution is 0.139. The van der Waals surface area contributed by atoms with Crippen LogP contribution in [0.25, 0.3) is 0 Å². The van der Waals surface area contributed by atoms with Gasteiger partial charge in [-0.15, -0.1) is 5.10 Å². The third-order valence-electron chi connectivity index (χ3n) is 3.52. The highest BCUT2D eigenvalue weighted by Crippen LogP contribution is 2.22. The molecule has 22 heavy (non-hydrogen) atoms. The first-order chi connectivity index (χ1) is 10.7. The highest BCUT2D eigenvalue weighted by atomic mass is 16.5. The van der Waals surface area contributed by atoms with Crippen LogP contribution >= 0.6 is 0 Å². The number of aliphatic hydroxyl groups is 1. The zero-order chi connectivity index (χ0) is 15.5. The van der Waals surface area contributed by atoms with Gasteiger partial charge in [-0.1, -0.05) is 5.21 Å². The molecule has 9 nitrogen and oxygen atoms in total. The third kappa shape index (κ3) is 2.84. The number of aliphatic hydroxyl groups excluding tert-OH is 1. The van der Waals surface area contributed by atoms with E-state index in [0.29, 0.717) is 18.1 Å². The molecule has 2 amide bonds. The van der Waals surface area contributed by atoms with Crippen LogP contribution in [-0.2, 0) is 0 Å². The summed E-state index contributed by atoms with van der Waals surface area (Å²) < 4.78 is 6.52. The molecule has 0 saturated carbocycles. The molecule has 2 aromatic rings. The van der Waals surface area contributed by atoms with Crippen LogP contribution in [0.5, 0.6) is 5.88 Å². The summed E-state index contributed by atoms with van der Waals surface area (Å²) in [4.78, 5) is 17.8. The standard InChI is InChI=1S/C13H16N6O3/c1-22-12-3-2-9(6-14-12)16-13(21)18-7-10(11(20)8-18)19-5-4-15-17-19/h2-6,10-11,20H,7-8H2,1H3,(H,16,21)/t10-,11-/m1/s1. The van der Waals surface area contributed by atoms with Gasteiger partial charge >= 0.3 is 6.03 Å². The van der Waals surface area contributed by atoms with Crippen LogP contribution in [0.15, 0.2) is 30.7 Å². The quantitative estimate of drug-likeness (QED) is 0.835. The maximum atomic E-state index is 12.2. The molecule has 3 heterocycles. The number of pyridine rings is 1. The van der Waals surface area contributed by atoms with Crippen LogP contribution in [0, 0.1) is 0 Å². The number of rotatable bonds is 3. The molecular formula is C13H16N6O3. The number of carbonyl (C=O) groups is 1. The number of likely N-dealkylation sites (tertiary alicyclic amines) is 1. The Kier molecular flexibility index (Phi) is 3.88. The molecule has 2 N–H and O–H groups in total. The molecular weight excluding hydrogens is 288 g/mol. The summed E-state index contributed by atoms with van der Waals surface area (Å²) in [5.74, 6) is 0.473. The van der Waals surface area contributed by atoms with Crippen molar-refractivity contribution in [3.63, 3.8) is 0 Å². The van der Waals surface area contributed by atoms with Crippen molar-refractivity contribution in [2.75, 3.05) is 25.5 Å². The number of β-amino-alcohol motifs (C(OH)–C–C–N with tert-alkyl or cyclic N) is 1. The number of aromatic nitrogens is 4. The van der Waals surface area contributed by atoms with Gasteiger partial charge in [0.2, 0.25) is 5.88 Å². The predicted octanol–water partition coefficient (Wildman–Crippen LogP) is 0.131. The number of hydrogen-bond acceptors (Lipinski definition) is 6. The topological polar surface area (TPSA) is 105 Å². The summed E-state index contributed by atoms with van der Waals surface area (Å²) >= 11 is 0. The van der Waals surface area contributed by atoms with Gasteiger partial charge in [0.25, 0.3) is 0 Å². The number of hydrogen-bond donors (Lipinski definition) is 2. The second kappa shape index (κ2) is 5.98. The van der Waals surface area contributed by atoms with Crippen molar-refractivity contribution >= 4 is 11.7 Å². The largest absolute Gasteiger partial charge is 0.481 e. The number of ether oxygens (including phenoxy) is 1. The number of urea groups is 1. The van der Waals surface area contributed by atoms with Gasteiger partial charge in [-0.05, 0) is 6.07 Å². The van der Waals surface area contributed by atoms with E-state index in [1.54, 1.807) is 29.2 Å². The fourth-order valence-corrected chi connectivity index (χ4v) is 2.37. The summed E-state index contributed by atoms with van der Waals surface area (Å²) in [7, 11) is 1.52. The van der Waals surface area contributed by atoms with Gasteiger partial charge in [0.15, 0.2) is 0 Å². The zero-order valence-corrected chi connectivity index (χ0v) is 12.0. The molecule has 3 rings (SSSR count). The molecule has 1 aliphatic rings. The fourth-order valence-electron chi connectivity index (χ4n) is 2.37. The Balaban J connectivity index is 1.63. The average Bonchev–Trinajstić information content (AvgIpc) is 3.17. The van der Waals surface area contributed by atoms with E-state index in [9.17, 15) is 9.90 Å². The summed E-state index contributed by atoms with van der Waals surface area (Å²) in [6, 6.07) is 2.77. The van der Waals surface area contributed by atoms with Crippen molar-refractivity contribution in [2.45, 2.75) is 12.1 Å². The first-order valence-electron chi connectivity index (χ1n) is 6.77. The molecule has 0 aliphatic carbocycles. The van der Waals surface area contributed by atoms with Crippen molar-refractivity contribution in [2.24, 2.45) is 0 Å². The van der Waals surface area contributed by atoms with Crippen molar-refractivity contribution in [1.82, 2.24) is 24.9 Å². The molecule has 1 saturated heterocycles. The van der Waals surface area contributed by atoms with E-state index in [4.69, 9.17) is 4.74 Å². The van der Waals surface area contributed by atoms with Crippen LogP contribution in [0.1, 0.15) is 6.04 Å². The molecule has 0 aromatic carbocycles. The van der Waals surface area contributed by atoms with E-state index < -0.39 is 6.10 Å². The van der Waals surface area contributed by atoms with Gasteiger partial charge in [0, 0.05) is 18.8 Å². The Hall–Kier alpha value is -2.68. The van der Waals surface area contributed by atoms with Crippen molar-refractivity contribution in [1.29, 1.82) is 0 Å². The van der Waals surface area contributed by atoms with E-state index in [0.717, 1.165) is 0 Å². The van der Waals surface area contributed by atoms with Crippen LogP contribution < -0.4 is 10.1 Å². The van der Waals surface area contributed by atoms with Crippen LogP contribution in [-0.4, -0.2) is 62.3 Å². The normalized spacial score (nSPS) is 20.9. The Morgan fingerprint density at radius 1 is 1.45 bits per heavy atom. The molecule has 0 bridgehead atoms. The number of methoxy groups -OCH3 is 1. The zero-order valence-electron chi connectivity index (χ0n) is 12.0. The van der Waals surface area contributed by atoms with Crippen molar-refractivity contribution < 1.29 is 14.6 Å². The lowest BCUT2D eigenvalue weighted by Crippen LogP contribution is -2.33. The van der Waals surface area contributed by atoms with Crippen molar-refractivity contribution in [3.8, 4) is 5.88 Å². The summed E-state index contributed by atoms with van der Waals surface area (Å²) in [5, 5.41) is 20.4. The number of amides is 2. The number of carbonyl (C=O) groups excluding carboxylic acids is 1. The number of anilines is 1. The second-order valence-electron chi connectivity index (χ2n) is 4.94.